The van der Waals surface area contributed by atoms with Crippen LogP contribution in [0.3, 0.4) is 0 Å². The van der Waals surface area contributed by atoms with Crippen LogP contribution in [0.2, 0.25) is 0 Å². The van der Waals surface area contributed by atoms with E-state index in [0.717, 1.165) is 6.61 Å². The lowest BCUT2D eigenvalue weighted by Gasteiger charge is -2.13. The second-order valence-corrected chi connectivity index (χ2v) is 4.09. The van der Waals surface area contributed by atoms with Crippen molar-refractivity contribution in [2.45, 2.75) is 24.9 Å². The predicted octanol–water partition coefficient (Wildman–Crippen LogP) is -0.409. The van der Waals surface area contributed by atoms with Crippen LogP contribution >= 0.6 is 0 Å². The lowest BCUT2D eigenvalue weighted by atomic mass is 10.2. The van der Waals surface area contributed by atoms with Crippen LogP contribution in [0, 0.1) is 6.61 Å². The van der Waals surface area contributed by atoms with Gasteiger partial charge < -0.3 is 20.7 Å². The summed E-state index contributed by atoms with van der Waals surface area (Å²) in [6.45, 7) is 0.840. The van der Waals surface area contributed by atoms with Crippen LogP contribution in [0.25, 0.3) is 11.2 Å². The molecule has 1 radical (unpaired) electrons. The van der Waals surface area contributed by atoms with Crippen molar-refractivity contribution >= 4 is 17.0 Å². The van der Waals surface area contributed by atoms with Gasteiger partial charge in [-0.15, -0.1) is 0 Å². The summed E-state index contributed by atoms with van der Waals surface area (Å²) in [7, 11) is 0. The zero-order chi connectivity index (χ0) is 12.7. The summed E-state index contributed by atoms with van der Waals surface area (Å²) >= 11 is 0. The van der Waals surface area contributed by atoms with Crippen molar-refractivity contribution < 1.29 is 14.9 Å². The molecule has 4 N–H and O–H groups in total. The van der Waals surface area contributed by atoms with Crippen LogP contribution in [-0.4, -0.2) is 41.9 Å². The van der Waals surface area contributed by atoms with Crippen LogP contribution in [0.15, 0.2) is 12.7 Å². The normalized spacial score (nSPS) is 28.0. The number of nitrogens with two attached hydrogens (primary N) is 1. The van der Waals surface area contributed by atoms with Gasteiger partial charge in [0.2, 0.25) is 0 Å². The first-order valence-electron chi connectivity index (χ1n) is 5.45. The maximum atomic E-state index is 9.68. The van der Waals surface area contributed by atoms with Gasteiger partial charge >= 0.3 is 0 Å². The lowest BCUT2D eigenvalue weighted by molar-refractivity contribution is -0.0201. The van der Waals surface area contributed by atoms with Crippen LogP contribution in [0.5, 0.6) is 0 Å². The van der Waals surface area contributed by atoms with E-state index in [1.54, 1.807) is 4.57 Å². The zero-order valence-corrected chi connectivity index (χ0v) is 9.34. The van der Waals surface area contributed by atoms with E-state index in [-0.39, 0.29) is 0 Å². The third kappa shape index (κ3) is 1.62. The van der Waals surface area contributed by atoms with E-state index in [2.05, 4.69) is 15.0 Å². The first kappa shape index (κ1) is 11.3. The second-order valence-electron chi connectivity index (χ2n) is 4.09. The number of rotatable bonds is 2. The molecule has 0 bridgehead atoms. The largest absolute Gasteiger partial charge is 0.390 e. The topological polar surface area (TPSA) is 119 Å². The molecule has 1 aliphatic heterocycles. The lowest BCUT2D eigenvalue weighted by Crippen LogP contribution is -2.20. The Morgan fingerprint density at radius 1 is 1.44 bits per heavy atom. The number of hydrogen-bond donors (Lipinski definition) is 3. The molecular weight excluding hydrogens is 238 g/mol. The van der Waals surface area contributed by atoms with Gasteiger partial charge in [-0.3, -0.25) is 4.57 Å². The Balaban J connectivity index is 1.99. The number of nitrogens with zero attached hydrogens (tertiary/aromatic N) is 4. The smallest absolute Gasteiger partial charge is 0.167 e. The molecule has 2 aromatic rings. The molecule has 1 fully saturated rings. The van der Waals surface area contributed by atoms with Gasteiger partial charge in [0.1, 0.15) is 30.8 Å². The molecule has 1 aliphatic rings. The Labute approximate surface area is 102 Å². The fraction of sp³-hybridized carbons (Fsp3) is 0.400. The number of ether oxygens (including phenoxy) is 1. The first-order valence-corrected chi connectivity index (χ1v) is 5.45. The highest BCUT2D eigenvalue weighted by atomic mass is 16.5. The molecule has 0 amide bonds. The standard InChI is InChI=1S/C10H12N5O3/c11-9-8-10(13-3-12-9)15(4-14-8)7-1-5(17)6(2-16)18-7/h2-7,16-17H,1H2,(H2,11,12,13)/t5-,6+,7+/m0/s1. The third-order valence-electron chi connectivity index (χ3n) is 2.98. The Morgan fingerprint density at radius 2 is 2.28 bits per heavy atom. The summed E-state index contributed by atoms with van der Waals surface area (Å²) in [5.74, 6) is 0.294. The van der Waals surface area contributed by atoms with E-state index in [9.17, 15) is 5.11 Å². The monoisotopic (exact) mass is 250 g/mol. The molecule has 0 spiro atoms. The van der Waals surface area contributed by atoms with E-state index in [1.807, 2.05) is 0 Å². The third-order valence-corrected chi connectivity index (χ3v) is 2.98. The SMILES string of the molecule is Nc1ncnc2c1ncn2[C@H]1C[C@H](O)[C@@H]([CH]O)O1. The van der Waals surface area contributed by atoms with Gasteiger partial charge in [0.05, 0.1) is 12.4 Å². The molecule has 8 nitrogen and oxygen atoms in total. The van der Waals surface area contributed by atoms with Gasteiger partial charge in [-0.25, -0.2) is 15.0 Å². The molecule has 0 aliphatic carbocycles. The molecule has 8 heteroatoms. The number of imidazole rings is 1. The molecule has 18 heavy (non-hydrogen) atoms. The molecule has 3 rings (SSSR count). The fourth-order valence-electron chi connectivity index (χ4n) is 2.06. The van der Waals surface area contributed by atoms with Gasteiger partial charge in [0.25, 0.3) is 0 Å². The van der Waals surface area contributed by atoms with Crippen molar-refractivity contribution in [1.29, 1.82) is 0 Å². The Hall–Kier alpha value is -1.77. The maximum absolute atomic E-state index is 9.68. The van der Waals surface area contributed by atoms with Crippen molar-refractivity contribution in [3.8, 4) is 0 Å². The predicted molar refractivity (Wildman–Crippen MR) is 60.5 cm³/mol. The van der Waals surface area contributed by atoms with E-state index in [0.29, 0.717) is 23.4 Å². The Kier molecular flexibility index (Phi) is 2.62. The van der Waals surface area contributed by atoms with Gasteiger partial charge in [0, 0.05) is 6.42 Å². The van der Waals surface area contributed by atoms with Crippen molar-refractivity contribution in [2.75, 3.05) is 5.73 Å². The van der Waals surface area contributed by atoms with Crippen LogP contribution in [-0.2, 0) is 4.74 Å². The second kappa shape index (κ2) is 4.16. The van der Waals surface area contributed by atoms with E-state index in [4.69, 9.17) is 15.6 Å². The average Bonchev–Trinajstić information content (AvgIpc) is 2.93. The number of anilines is 1. The quantitative estimate of drug-likeness (QED) is 0.662. The van der Waals surface area contributed by atoms with Gasteiger partial charge in [-0.2, -0.15) is 0 Å². The molecule has 3 heterocycles. The highest BCUT2D eigenvalue weighted by Crippen LogP contribution is 2.31. The summed E-state index contributed by atoms with van der Waals surface area (Å²) < 4.78 is 7.15. The molecule has 0 unspecified atom stereocenters. The van der Waals surface area contributed by atoms with Crippen LogP contribution in [0.4, 0.5) is 5.82 Å². The molecule has 2 aromatic heterocycles. The number of fused-ring (bicyclic) bond motifs is 1. The Bertz CT molecular complexity index is 572. The van der Waals surface area contributed by atoms with E-state index < -0.39 is 18.4 Å². The van der Waals surface area contributed by atoms with Gasteiger partial charge in [-0.1, -0.05) is 0 Å². The van der Waals surface area contributed by atoms with Crippen LogP contribution in [0.1, 0.15) is 12.6 Å². The number of aliphatic hydroxyl groups excluding tert-OH is 2. The molecule has 95 valence electrons. The molecule has 0 aromatic carbocycles. The average molecular weight is 250 g/mol. The minimum atomic E-state index is -0.753. The molecule has 0 saturated carbocycles. The Morgan fingerprint density at radius 3 is 3.00 bits per heavy atom. The highest BCUT2D eigenvalue weighted by Gasteiger charge is 2.35. The summed E-state index contributed by atoms with van der Waals surface area (Å²) in [6.07, 6.45) is 1.33. The first-order chi connectivity index (χ1) is 8.70. The van der Waals surface area contributed by atoms with Gasteiger partial charge in [0.15, 0.2) is 11.5 Å². The number of hydrogen-bond acceptors (Lipinski definition) is 7. The molecular formula is C10H12N5O3. The minimum absolute atomic E-state index is 0.294. The molecule has 3 atom stereocenters. The van der Waals surface area contributed by atoms with E-state index >= 15 is 0 Å². The van der Waals surface area contributed by atoms with E-state index in [1.165, 1.54) is 12.7 Å². The fourth-order valence-corrected chi connectivity index (χ4v) is 2.06. The molecule has 1 saturated heterocycles. The van der Waals surface area contributed by atoms with Crippen LogP contribution < -0.4 is 5.73 Å². The summed E-state index contributed by atoms with van der Waals surface area (Å²) in [4.78, 5) is 12.1. The maximum Gasteiger partial charge on any atom is 0.167 e. The highest BCUT2D eigenvalue weighted by molar-refractivity contribution is 5.81. The number of nitrogen functional groups attached to an aromatic ring is 1. The zero-order valence-electron chi connectivity index (χ0n) is 9.34. The van der Waals surface area contributed by atoms with Crippen molar-refractivity contribution in [3.63, 3.8) is 0 Å². The van der Waals surface area contributed by atoms with Crippen molar-refractivity contribution in [2.24, 2.45) is 0 Å². The number of aliphatic hydroxyl groups is 2. The summed E-state index contributed by atoms with van der Waals surface area (Å²) in [6, 6.07) is 0. The van der Waals surface area contributed by atoms with Crippen molar-refractivity contribution in [1.82, 2.24) is 19.5 Å². The summed E-state index contributed by atoms with van der Waals surface area (Å²) in [5, 5.41) is 18.6. The summed E-state index contributed by atoms with van der Waals surface area (Å²) in [5.41, 5.74) is 6.72. The van der Waals surface area contributed by atoms with Crippen molar-refractivity contribution in [3.05, 3.63) is 19.3 Å². The number of aromatic nitrogens is 4. The minimum Gasteiger partial charge on any atom is -0.390 e. The van der Waals surface area contributed by atoms with Gasteiger partial charge in [-0.05, 0) is 0 Å².